The van der Waals surface area contributed by atoms with Crippen molar-refractivity contribution in [3.63, 3.8) is 0 Å². The number of carboxylic acids is 1. The van der Waals surface area contributed by atoms with Gasteiger partial charge in [-0.1, -0.05) is 43.9 Å². The lowest BCUT2D eigenvalue weighted by atomic mass is 9.92. The highest BCUT2D eigenvalue weighted by Gasteiger charge is 2.48. The molecule has 0 bridgehead atoms. The van der Waals surface area contributed by atoms with Gasteiger partial charge in [0.2, 0.25) is 0 Å². The molecule has 0 saturated carbocycles. The van der Waals surface area contributed by atoms with Gasteiger partial charge >= 0.3 is 12.1 Å². The number of aliphatic carboxylic acids is 1. The second-order valence-corrected chi connectivity index (χ2v) is 8.42. The van der Waals surface area contributed by atoms with Crippen LogP contribution in [0, 0.1) is 0 Å². The Hall–Kier alpha value is -1.86. The quantitative estimate of drug-likeness (QED) is 0.333. The van der Waals surface area contributed by atoms with Crippen molar-refractivity contribution in [3.8, 4) is 0 Å². The number of thiophene rings is 1. The number of aryl methyl sites for hydroxylation is 1. The van der Waals surface area contributed by atoms with E-state index in [4.69, 9.17) is 9.84 Å². The molecule has 2 unspecified atom stereocenters. The van der Waals surface area contributed by atoms with Gasteiger partial charge in [-0.25, -0.2) is 4.79 Å². The minimum atomic E-state index is -4.46. The first-order valence-electron chi connectivity index (χ1n) is 9.97. The first-order valence-corrected chi connectivity index (χ1v) is 10.9. The Labute approximate surface area is 172 Å². The molecule has 3 rings (SSSR count). The minimum absolute atomic E-state index is 0.187. The van der Waals surface area contributed by atoms with E-state index in [0.717, 1.165) is 44.6 Å². The fourth-order valence-electron chi connectivity index (χ4n) is 3.72. The van der Waals surface area contributed by atoms with E-state index < -0.39 is 29.9 Å². The molecule has 0 aliphatic carbocycles. The van der Waals surface area contributed by atoms with Crippen molar-refractivity contribution in [2.75, 3.05) is 0 Å². The van der Waals surface area contributed by atoms with Gasteiger partial charge in [0.1, 0.15) is 6.10 Å². The summed E-state index contributed by atoms with van der Waals surface area (Å²) >= 11 is 1.77. The Morgan fingerprint density at radius 2 is 1.69 bits per heavy atom. The summed E-state index contributed by atoms with van der Waals surface area (Å²) in [6.07, 6.45) is 0.934. The predicted octanol–water partition coefficient (Wildman–Crippen LogP) is 6.42. The summed E-state index contributed by atoms with van der Waals surface area (Å²) in [5, 5.41) is 11.1. The van der Waals surface area contributed by atoms with E-state index in [1.807, 2.05) is 0 Å². The smallest absolute Gasteiger partial charge is 0.416 e. The molecule has 29 heavy (non-hydrogen) atoms. The van der Waals surface area contributed by atoms with Crippen LogP contribution in [0.15, 0.2) is 35.7 Å². The van der Waals surface area contributed by atoms with Crippen molar-refractivity contribution in [1.29, 1.82) is 0 Å². The van der Waals surface area contributed by atoms with E-state index in [-0.39, 0.29) is 12.0 Å². The van der Waals surface area contributed by atoms with Gasteiger partial charge in [0, 0.05) is 4.88 Å². The van der Waals surface area contributed by atoms with Gasteiger partial charge in [-0.05, 0) is 54.3 Å². The molecular weight excluding hydrogens is 401 g/mol. The monoisotopic (exact) mass is 426 g/mol. The van der Waals surface area contributed by atoms with Crippen LogP contribution in [0.2, 0.25) is 0 Å². The first-order chi connectivity index (χ1) is 13.9. The van der Waals surface area contributed by atoms with Crippen LogP contribution in [0.3, 0.4) is 0 Å². The largest absolute Gasteiger partial charge is 0.479 e. The molecule has 1 N–H and O–H groups in total. The Morgan fingerprint density at radius 1 is 1.00 bits per heavy atom. The lowest BCUT2D eigenvalue weighted by molar-refractivity contribution is -0.139. The van der Waals surface area contributed by atoms with Crippen LogP contribution in [0.5, 0.6) is 0 Å². The fourth-order valence-corrected chi connectivity index (χ4v) is 4.47. The molecule has 1 saturated heterocycles. The Morgan fingerprint density at radius 3 is 2.28 bits per heavy atom. The molecule has 0 radical (unpaired) electrons. The summed E-state index contributed by atoms with van der Waals surface area (Å²) in [6.45, 7) is 0. The first kappa shape index (κ1) is 21.8. The molecule has 1 aliphatic heterocycles. The Balaban J connectivity index is 1.49. The van der Waals surface area contributed by atoms with Crippen LogP contribution < -0.4 is 0 Å². The number of ether oxygens (including phenoxy) is 1. The third kappa shape index (κ3) is 6.06. The normalized spacial score (nSPS) is 18.7. The number of hydrogen-bond donors (Lipinski definition) is 1. The zero-order valence-corrected chi connectivity index (χ0v) is 16.9. The number of rotatable bonds is 11. The molecule has 1 aliphatic rings. The maximum Gasteiger partial charge on any atom is 0.416 e. The van der Waals surface area contributed by atoms with Gasteiger partial charge in [-0.2, -0.15) is 13.2 Å². The van der Waals surface area contributed by atoms with Crippen molar-refractivity contribution >= 4 is 17.3 Å². The number of benzene rings is 1. The van der Waals surface area contributed by atoms with Crippen LogP contribution in [0.25, 0.3) is 0 Å². The zero-order chi connectivity index (χ0) is 20.9. The molecule has 0 spiro atoms. The summed E-state index contributed by atoms with van der Waals surface area (Å²) < 4.78 is 45.4. The number of halogens is 3. The average Bonchev–Trinajstić information content (AvgIpc) is 3.31. The van der Waals surface area contributed by atoms with Crippen molar-refractivity contribution in [2.45, 2.75) is 69.8 Å². The van der Waals surface area contributed by atoms with Crippen LogP contribution in [0.4, 0.5) is 13.2 Å². The lowest BCUT2D eigenvalue weighted by Crippen LogP contribution is -2.13. The van der Waals surface area contributed by atoms with Gasteiger partial charge < -0.3 is 9.84 Å². The van der Waals surface area contributed by atoms with Gasteiger partial charge in [0.05, 0.1) is 5.56 Å². The molecule has 158 valence electrons. The van der Waals surface area contributed by atoms with Crippen LogP contribution in [-0.4, -0.2) is 17.2 Å². The maximum absolute atomic E-state index is 13.4. The standard InChI is InChI=1S/C22H25F3O3S/c23-22(24,25)18-13-7-12-17(19-20(28-19)21(26)27)16(18)11-6-4-2-1-3-5-9-15-10-8-14-29-15/h7-8,10,12-14,19-20H,1-6,9,11H2,(H,26,27). The second-order valence-electron chi connectivity index (χ2n) is 7.39. The average molecular weight is 427 g/mol. The topological polar surface area (TPSA) is 49.8 Å². The van der Waals surface area contributed by atoms with Crippen molar-refractivity contribution in [2.24, 2.45) is 0 Å². The van der Waals surface area contributed by atoms with E-state index >= 15 is 0 Å². The molecule has 1 fully saturated rings. The van der Waals surface area contributed by atoms with E-state index in [0.29, 0.717) is 12.0 Å². The van der Waals surface area contributed by atoms with Crippen LogP contribution in [-0.2, 0) is 28.5 Å². The maximum atomic E-state index is 13.4. The molecule has 1 aromatic carbocycles. The molecule has 7 heteroatoms. The molecular formula is C22H25F3O3S. The third-order valence-corrected chi connectivity index (χ3v) is 6.18. The lowest BCUT2D eigenvalue weighted by Gasteiger charge is -2.16. The summed E-state index contributed by atoms with van der Waals surface area (Å²) in [5.74, 6) is -1.14. The molecule has 3 nitrogen and oxygen atoms in total. The molecule has 2 aromatic rings. The van der Waals surface area contributed by atoms with Crippen molar-refractivity contribution < 1.29 is 27.8 Å². The van der Waals surface area contributed by atoms with Crippen LogP contribution >= 0.6 is 11.3 Å². The van der Waals surface area contributed by atoms with E-state index in [9.17, 15) is 18.0 Å². The Bertz CT molecular complexity index is 802. The van der Waals surface area contributed by atoms with Crippen LogP contribution in [0.1, 0.15) is 66.2 Å². The van der Waals surface area contributed by atoms with Crippen molar-refractivity contribution in [1.82, 2.24) is 0 Å². The second kappa shape index (κ2) is 9.76. The third-order valence-electron chi connectivity index (χ3n) is 5.24. The summed E-state index contributed by atoms with van der Waals surface area (Å²) in [6, 6.07) is 8.15. The van der Waals surface area contributed by atoms with Crippen molar-refractivity contribution in [3.05, 3.63) is 57.3 Å². The summed E-state index contributed by atoms with van der Waals surface area (Å²) in [4.78, 5) is 12.4. The molecule has 0 amide bonds. The number of epoxide rings is 1. The number of carboxylic acid groups (broad SMARTS) is 1. The zero-order valence-electron chi connectivity index (χ0n) is 16.1. The van der Waals surface area contributed by atoms with Gasteiger partial charge in [-0.15, -0.1) is 11.3 Å². The minimum Gasteiger partial charge on any atom is -0.479 e. The van der Waals surface area contributed by atoms with Gasteiger partial charge in [-0.3, -0.25) is 0 Å². The van der Waals surface area contributed by atoms with E-state index in [1.54, 1.807) is 17.4 Å². The predicted molar refractivity (Wildman–Crippen MR) is 106 cm³/mol. The Kier molecular flexibility index (Phi) is 7.35. The molecule has 2 heterocycles. The highest BCUT2D eigenvalue weighted by molar-refractivity contribution is 7.09. The number of hydrogen-bond acceptors (Lipinski definition) is 3. The van der Waals surface area contributed by atoms with E-state index in [2.05, 4.69) is 17.5 Å². The summed E-state index contributed by atoms with van der Waals surface area (Å²) in [7, 11) is 0. The number of unbranched alkanes of at least 4 members (excludes halogenated alkanes) is 5. The van der Waals surface area contributed by atoms with Gasteiger partial charge in [0.25, 0.3) is 0 Å². The molecule has 1 aromatic heterocycles. The SMILES string of the molecule is O=C(O)C1OC1c1cccc(C(F)(F)F)c1CCCCCCCCc1cccs1. The summed E-state index contributed by atoms with van der Waals surface area (Å²) in [5.41, 5.74) is -0.125. The van der Waals surface area contributed by atoms with Gasteiger partial charge in [0.15, 0.2) is 6.10 Å². The highest BCUT2D eigenvalue weighted by Crippen LogP contribution is 2.44. The molecule has 2 atom stereocenters. The number of carbonyl (C=O) groups is 1. The fraction of sp³-hybridized carbons (Fsp3) is 0.500. The van der Waals surface area contributed by atoms with E-state index in [1.165, 1.54) is 10.9 Å². The number of alkyl halides is 3. The highest BCUT2D eigenvalue weighted by atomic mass is 32.1.